The van der Waals surface area contributed by atoms with Gasteiger partial charge in [-0.25, -0.2) is 0 Å². The zero-order valence-corrected chi connectivity index (χ0v) is 12.3. The van der Waals surface area contributed by atoms with E-state index in [2.05, 4.69) is 29.5 Å². The number of nitrogens with one attached hydrogen (secondary N) is 1. The van der Waals surface area contributed by atoms with Crippen molar-refractivity contribution in [2.24, 2.45) is 11.8 Å². The van der Waals surface area contributed by atoms with Gasteiger partial charge in [0.25, 0.3) is 0 Å². The molecule has 5 nitrogen and oxygen atoms in total. The molecule has 0 aliphatic heterocycles. The number of rotatable bonds is 6. The summed E-state index contributed by atoms with van der Waals surface area (Å²) in [7, 11) is 0. The molecule has 5 heteroatoms. The zero-order valence-electron chi connectivity index (χ0n) is 12.3. The molecule has 106 valence electrons. The van der Waals surface area contributed by atoms with E-state index in [9.17, 15) is 4.79 Å². The van der Waals surface area contributed by atoms with Gasteiger partial charge in [-0.1, -0.05) is 32.9 Å². The summed E-state index contributed by atoms with van der Waals surface area (Å²) in [5.41, 5.74) is 0.669. The van der Waals surface area contributed by atoms with Crippen molar-refractivity contribution in [1.82, 2.24) is 20.3 Å². The SMILES string of the molecule is CC(C)CCn1cc(C2(NC(=O)C(C)C)CC2)nn1. The lowest BCUT2D eigenvalue weighted by Crippen LogP contribution is -2.37. The van der Waals surface area contributed by atoms with Gasteiger partial charge in [0.2, 0.25) is 5.91 Å². The van der Waals surface area contributed by atoms with Crippen LogP contribution in [0.4, 0.5) is 0 Å². The minimum Gasteiger partial charge on any atom is -0.345 e. The Hall–Kier alpha value is -1.39. The monoisotopic (exact) mass is 264 g/mol. The molecule has 0 bridgehead atoms. The zero-order chi connectivity index (χ0) is 14.0. The average molecular weight is 264 g/mol. The molecule has 0 saturated heterocycles. The number of nitrogens with zero attached hydrogens (tertiary/aromatic N) is 3. The first kappa shape index (κ1) is 14.0. The van der Waals surface area contributed by atoms with Gasteiger partial charge in [0, 0.05) is 12.5 Å². The van der Waals surface area contributed by atoms with Crippen LogP contribution in [-0.2, 0) is 16.9 Å². The number of carbonyl (C=O) groups is 1. The topological polar surface area (TPSA) is 59.8 Å². The summed E-state index contributed by atoms with van der Waals surface area (Å²) in [6, 6.07) is 0. The van der Waals surface area contributed by atoms with Crippen molar-refractivity contribution in [3.63, 3.8) is 0 Å². The Morgan fingerprint density at radius 2 is 2.11 bits per heavy atom. The normalized spacial score (nSPS) is 16.9. The third-order valence-corrected chi connectivity index (χ3v) is 3.60. The van der Waals surface area contributed by atoms with Crippen LogP contribution in [-0.4, -0.2) is 20.9 Å². The molecule has 1 aromatic rings. The fourth-order valence-electron chi connectivity index (χ4n) is 1.97. The van der Waals surface area contributed by atoms with Gasteiger partial charge in [0.15, 0.2) is 0 Å². The van der Waals surface area contributed by atoms with Crippen LogP contribution in [0.1, 0.15) is 52.7 Å². The largest absolute Gasteiger partial charge is 0.345 e. The number of aryl methyl sites for hydroxylation is 1. The molecular weight excluding hydrogens is 240 g/mol. The van der Waals surface area contributed by atoms with Gasteiger partial charge in [0.05, 0.1) is 11.7 Å². The second-order valence-electron chi connectivity index (χ2n) is 6.28. The predicted octanol–water partition coefficient (Wildman–Crippen LogP) is 2.09. The maximum Gasteiger partial charge on any atom is 0.223 e. The van der Waals surface area contributed by atoms with E-state index in [1.807, 2.05) is 24.7 Å². The van der Waals surface area contributed by atoms with Crippen molar-refractivity contribution in [1.29, 1.82) is 0 Å². The van der Waals surface area contributed by atoms with E-state index in [0.717, 1.165) is 31.5 Å². The molecule has 0 unspecified atom stereocenters. The molecule has 19 heavy (non-hydrogen) atoms. The Labute approximate surface area is 114 Å². The minimum absolute atomic E-state index is 0.00783. The number of amides is 1. The van der Waals surface area contributed by atoms with Crippen molar-refractivity contribution in [2.75, 3.05) is 0 Å². The summed E-state index contributed by atoms with van der Waals surface area (Å²) >= 11 is 0. The van der Waals surface area contributed by atoms with Gasteiger partial charge in [-0.05, 0) is 25.2 Å². The van der Waals surface area contributed by atoms with Crippen molar-refractivity contribution >= 4 is 5.91 Å². The first-order valence-corrected chi connectivity index (χ1v) is 7.15. The van der Waals surface area contributed by atoms with Crippen LogP contribution in [0.25, 0.3) is 0 Å². The molecule has 1 heterocycles. The highest BCUT2D eigenvalue weighted by Gasteiger charge is 2.48. The second-order valence-corrected chi connectivity index (χ2v) is 6.28. The highest BCUT2D eigenvalue weighted by Crippen LogP contribution is 2.44. The molecule has 0 aromatic carbocycles. The lowest BCUT2D eigenvalue weighted by Gasteiger charge is -2.16. The number of hydrogen-bond donors (Lipinski definition) is 1. The fourth-order valence-corrected chi connectivity index (χ4v) is 1.97. The van der Waals surface area contributed by atoms with E-state index in [0.29, 0.717) is 5.92 Å². The Morgan fingerprint density at radius 1 is 1.42 bits per heavy atom. The second kappa shape index (κ2) is 5.31. The predicted molar refractivity (Wildman–Crippen MR) is 73.4 cm³/mol. The quantitative estimate of drug-likeness (QED) is 0.855. The highest BCUT2D eigenvalue weighted by molar-refractivity contribution is 5.79. The van der Waals surface area contributed by atoms with Crippen molar-refractivity contribution in [2.45, 2.75) is 59.0 Å². The lowest BCUT2D eigenvalue weighted by atomic mass is 10.1. The molecule has 1 aromatic heterocycles. The highest BCUT2D eigenvalue weighted by atomic mass is 16.2. The summed E-state index contributed by atoms with van der Waals surface area (Å²) in [6.07, 6.45) is 5.01. The molecule has 2 rings (SSSR count). The molecule has 1 amide bonds. The van der Waals surface area contributed by atoms with Crippen LogP contribution in [0.3, 0.4) is 0 Å². The molecule has 1 fully saturated rings. The summed E-state index contributed by atoms with van der Waals surface area (Å²) in [5, 5.41) is 11.5. The Kier molecular flexibility index (Phi) is 3.92. The number of carbonyl (C=O) groups excluding carboxylic acids is 1. The molecular formula is C14H24N4O. The van der Waals surface area contributed by atoms with Gasteiger partial charge in [-0.3, -0.25) is 9.48 Å². The Bertz CT molecular complexity index is 446. The van der Waals surface area contributed by atoms with Gasteiger partial charge < -0.3 is 5.32 Å². The fraction of sp³-hybridized carbons (Fsp3) is 0.786. The summed E-state index contributed by atoms with van der Waals surface area (Å²) in [4.78, 5) is 11.8. The van der Waals surface area contributed by atoms with Crippen LogP contribution >= 0.6 is 0 Å². The Morgan fingerprint density at radius 3 is 2.63 bits per heavy atom. The minimum atomic E-state index is -0.239. The smallest absolute Gasteiger partial charge is 0.223 e. The van der Waals surface area contributed by atoms with Crippen molar-refractivity contribution in [3.8, 4) is 0 Å². The first-order valence-electron chi connectivity index (χ1n) is 7.15. The van der Waals surface area contributed by atoms with Gasteiger partial charge >= 0.3 is 0 Å². The van der Waals surface area contributed by atoms with E-state index in [-0.39, 0.29) is 17.4 Å². The average Bonchev–Trinajstić information content (AvgIpc) is 2.95. The molecule has 1 saturated carbocycles. The standard InChI is InChI=1S/C14H24N4O/c1-10(2)5-8-18-9-12(16-17-18)14(6-7-14)15-13(19)11(3)4/h9-11H,5-8H2,1-4H3,(H,15,19). The summed E-state index contributed by atoms with van der Waals surface area (Å²) < 4.78 is 1.89. The number of aromatic nitrogens is 3. The molecule has 0 radical (unpaired) electrons. The van der Waals surface area contributed by atoms with Gasteiger partial charge in [0.1, 0.15) is 5.69 Å². The molecule has 0 atom stereocenters. The van der Waals surface area contributed by atoms with Crippen LogP contribution in [0, 0.1) is 11.8 Å². The van der Waals surface area contributed by atoms with E-state index in [1.54, 1.807) is 0 Å². The van der Waals surface area contributed by atoms with E-state index < -0.39 is 0 Å². The van der Waals surface area contributed by atoms with Crippen LogP contribution in [0.2, 0.25) is 0 Å². The molecule has 0 spiro atoms. The first-order chi connectivity index (χ1) is 8.93. The van der Waals surface area contributed by atoms with E-state index in [1.165, 1.54) is 0 Å². The third-order valence-electron chi connectivity index (χ3n) is 3.60. The van der Waals surface area contributed by atoms with Crippen molar-refractivity contribution in [3.05, 3.63) is 11.9 Å². The van der Waals surface area contributed by atoms with Gasteiger partial charge in [-0.2, -0.15) is 0 Å². The van der Waals surface area contributed by atoms with E-state index >= 15 is 0 Å². The van der Waals surface area contributed by atoms with Crippen LogP contribution in [0.5, 0.6) is 0 Å². The maximum atomic E-state index is 11.8. The van der Waals surface area contributed by atoms with Crippen LogP contribution < -0.4 is 5.32 Å². The number of hydrogen-bond acceptors (Lipinski definition) is 3. The van der Waals surface area contributed by atoms with Crippen LogP contribution in [0.15, 0.2) is 6.20 Å². The maximum absolute atomic E-state index is 11.8. The van der Waals surface area contributed by atoms with Gasteiger partial charge in [-0.15, -0.1) is 5.10 Å². The lowest BCUT2D eigenvalue weighted by molar-refractivity contribution is -0.125. The molecule has 1 aliphatic carbocycles. The molecule has 1 aliphatic rings. The molecule has 1 N–H and O–H groups in total. The summed E-state index contributed by atoms with van der Waals surface area (Å²) in [5.74, 6) is 0.755. The summed E-state index contributed by atoms with van der Waals surface area (Å²) in [6.45, 7) is 9.10. The van der Waals surface area contributed by atoms with Crippen molar-refractivity contribution < 1.29 is 4.79 Å². The Balaban J connectivity index is 2.00. The van der Waals surface area contributed by atoms with E-state index in [4.69, 9.17) is 0 Å². The third kappa shape index (κ3) is 3.33.